The zero-order chi connectivity index (χ0) is 10.1. The first-order chi connectivity index (χ1) is 6.74. The number of carboxylic acid groups (broad SMARTS) is 1. The number of carboxylic acids is 1. The summed E-state index contributed by atoms with van der Waals surface area (Å²) in [6.45, 7) is 0.291. The third-order valence-corrected chi connectivity index (χ3v) is 1.92. The number of hydrogen-bond acceptors (Lipinski definition) is 4. The van der Waals surface area contributed by atoms with Crippen LogP contribution in [-0.2, 0) is 6.54 Å². The second-order valence-electron chi connectivity index (χ2n) is 2.74. The van der Waals surface area contributed by atoms with Gasteiger partial charge in [0.05, 0.1) is 11.9 Å². The molecule has 14 heavy (non-hydrogen) atoms. The van der Waals surface area contributed by atoms with Crippen molar-refractivity contribution in [3.05, 3.63) is 29.7 Å². The van der Waals surface area contributed by atoms with Gasteiger partial charge in [-0.25, -0.2) is 14.3 Å². The van der Waals surface area contributed by atoms with Gasteiger partial charge in [0.15, 0.2) is 5.65 Å². The van der Waals surface area contributed by atoms with Gasteiger partial charge in [0.25, 0.3) is 0 Å². The van der Waals surface area contributed by atoms with E-state index >= 15 is 0 Å². The van der Waals surface area contributed by atoms with Crippen molar-refractivity contribution in [1.82, 2.24) is 14.6 Å². The van der Waals surface area contributed by atoms with Crippen molar-refractivity contribution in [2.45, 2.75) is 6.54 Å². The van der Waals surface area contributed by atoms with Crippen LogP contribution in [0.15, 0.2) is 18.5 Å². The minimum Gasteiger partial charge on any atom is -0.477 e. The summed E-state index contributed by atoms with van der Waals surface area (Å²) in [6, 6.07) is 1.70. The topological polar surface area (TPSA) is 93.5 Å². The lowest BCUT2D eigenvalue weighted by molar-refractivity contribution is 0.0699. The van der Waals surface area contributed by atoms with Crippen LogP contribution in [0.3, 0.4) is 0 Å². The van der Waals surface area contributed by atoms with Gasteiger partial charge >= 0.3 is 5.97 Å². The fraction of sp³-hybridized carbons (Fsp3) is 0.125. The molecule has 0 aliphatic carbocycles. The van der Waals surface area contributed by atoms with E-state index < -0.39 is 5.97 Å². The molecular weight excluding hydrogens is 184 g/mol. The molecule has 2 aromatic rings. The smallest absolute Gasteiger partial charge is 0.341 e. The highest BCUT2D eigenvalue weighted by atomic mass is 16.4. The number of fused-ring (bicyclic) bond motifs is 1. The Morgan fingerprint density at radius 1 is 1.64 bits per heavy atom. The van der Waals surface area contributed by atoms with Gasteiger partial charge in [0.2, 0.25) is 0 Å². The average molecular weight is 192 g/mol. The van der Waals surface area contributed by atoms with Gasteiger partial charge in [-0.05, 0) is 6.07 Å². The number of hydrogen-bond donors (Lipinski definition) is 2. The van der Waals surface area contributed by atoms with E-state index in [-0.39, 0.29) is 5.56 Å². The van der Waals surface area contributed by atoms with Crippen molar-refractivity contribution in [3.8, 4) is 0 Å². The zero-order valence-electron chi connectivity index (χ0n) is 7.21. The molecule has 0 atom stereocenters. The molecule has 2 aromatic heterocycles. The van der Waals surface area contributed by atoms with Gasteiger partial charge in [-0.15, -0.1) is 0 Å². The molecule has 0 saturated heterocycles. The predicted octanol–water partition coefficient (Wildman–Crippen LogP) is -0.114. The Labute approximate surface area is 79.0 Å². The molecule has 72 valence electrons. The minimum atomic E-state index is -1.04. The summed E-state index contributed by atoms with van der Waals surface area (Å²) in [5, 5.41) is 12.7. The van der Waals surface area contributed by atoms with Crippen LogP contribution in [0.4, 0.5) is 0 Å². The lowest BCUT2D eigenvalue weighted by Crippen LogP contribution is -2.06. The Morgan fingerprint density at radius 2 is 2.43 bits per heavy atom. The molecule has 0 amide bonds. The first-order valence-electron chi connectivity index (χ1n) is 3.99. The molecule has 0 aromatic carbocycles. The SMILES string of the molecule is NCc1ccnc2c(C(=O)O)cnn12. The Bertz CT molecular complexity index is 491. The van der Waals surface area contributed by atoms with Crippen molar-refractivity contribution in [2.75, 3.05) is 0 Å². The van der Waals surface area contributed by atoms with Crippen LogP contribution >= 0.6 is 0 Å². The van der Waals surface area contributed by atoms with Gasteiger partial charge < -0.3 is 10.8 Å². The molecule has 0 radical (unpaired) electrons. The monoisotopic (exact) mass is 192 g/mol. The van der Waals surface area contributed by atoms with Crippen molar-refractivity contribution < 1.29 is 9.90 Å². The lowest BCUT2D eigenvalue weighted by Gasteiger charge is -1.99. The summed E-state index contributed by atoms with van der Waals surface area (Å²) in [7, 11) is 0. The second kappa shape index (κ2) is 3.08. The molecule has 0 aliphatic heterocycles. The summed E-state index contributed by atoms with van der Waals surface area (Å²) < 4.78 is 1.43. The number of nitrogens with two attached hydrogens (primary N) is 1. The minimum absolute atomic E-state index is 0.0836. The molecular formula is C8H8N4O2. The van der Waals surface area contributed by atoms with E-state index in [9.17, 15) is 4.79 Å². The van der Waals surface area contributed by atoms with Crippen LogP contribution in [0.25, 0.3) is 5.65 Å². The largest absolute Gasteiger partial charge is 0.477 e. The first kappa shape index (κ1) is 8.64. The maximum absolute atomic E-state index is 10.8. The molecule has 6 heteroatoms. The number of aromatic nitrogens is 3. The fourth-order valence-corrected chi connectivity index (χ4v) is 1.25. The number of rotatable bonds is 2. The second-order valence-corrected chi connectivity index (χ2v) is 2.74. The van der Waals surface area contributed by atoms with E-state index in [1.807, 2.05) is 0 Å². The molecule has 2 rings (SSSR count). The highest BCUT2D eigenvalue weighted by Gasteiger charge is 2.13. The summed E-state index contributed by atoms with van der Waals surface area (Å²) in [5.74, 6) is -1.04. The Balaban J connectivity index is 2.75. The lowest BCUT2D eigenvalue weighted by atomic mass is 10.3. The van der Waals surface area contributed by atoms with Crippen LogP contribution in [0.2, 0.25) is 0 Å². The summed E-state index contributed by atoms with van der Waals surface area (Å²) in [4.78, 5) is 14.7. The van der Waals surface area contributed by atoms with Crippen LogP contribution in [0.1, 0.15) is 16.1 Å². The Morgan fingerprint density at radius 3 is 3.07 bits per heavy atom. The summed E-state index contributed by atoms with van der Waals surface area (Å²) in [6.07, 6.45) is 2.79. The molecule has 0 fully saturated rings. The highest BCUT2D eigenvalue weighted by Crippen LogP contribution is 2.09. The van der Waals surface area contributed by atoms with Gasteiger partial charge in [-0.2, -0.15) is 5.10 Å². The van der Waals surface area contributed by atoms with Crippen LogP contribution in [0.5, 0.6) is 0 Å². The van der Waals surface area contributed by atoms with E-state index in [1.165, 1.54) is 16.9 Å². The molecule has 0 bridgehead atoms. The molecule has 0 unspecified atom stereocenters. The zero-order valence-corrected chi connectivity index (χ0v) is 7.21. The quantitative estimate of drug-likeness (QED) is 0.692. The number of carbonyl (C=O) groups is 1. The Kier molecular flexibility index (Phi) is 1.90. The van der Waals surface area contributed by atoms with E-state index in [0.717, 1.165) is 5.69 Å². The number of aromatic carboxylic acids is 1. The van der Waals surface area contributed by atoms with Crippen molar-refractivity contribution in [2.24, 2.45) is 5.73 Å². The van der Waals surface area contributed by atoms with Crippen LogP contribution < -0.4 is 5.73 Å². The van der Waals surface area contributed by atoms with Gasteiger partial charge in [0, 0.05) is 12.7 Å². The van der Waals surface area contributed by atoms with Gasteiger partial charge in [-0.1, -0.05) is 0 Å². The van der Waals surface area contributed by atoms with Crippen LogP contribution in [-0.4, -0.2) is 25.7 Å². The van der Waals surface area contributed by atoms with Gasteiger partial charge in [0.1, 0.15) is 5.56 Å². The van der Waals surface area contributed by atoms with Crippen molar-refractivity contribution in [3.63, 3.8) is 0 Å². The molecule has 2 heterocycles. The molecule has 3 N–H and O–H groups in total. The van der Waals surface area contributed by atoms with E-state index in [4.69, 9.17) is 10.8 Å². The normalized spacial score (nSPS) is 10.6. The van der Waals surface area contributed by atoms with E-state index in [2.05, 4.69) is 10.1 Å². The molecule has 6 nitrogen and oxygen atoms in total. The van der Waals surface area contributed by atoms with E-state index in [1.54, 1.807) is 6.07 Å². The molecule has 0 saturated carbocycles. The van der Waals surface area contributed by atoms with Crippen LogP contribution in [0, 0.1) is 0 Å². The summed E-state index contributed by atoms with van der Waals surface area (Å²) in [5.41, 5.74) is 6.59. The maximum Gasteiger partial charge on any atom is 0.341 e. The van der Waals surface area contributed by atoms with Crippen molar-refractivity contribution in [1.29, 1.82) is 0 Å². The molecule has 0 spiro atoms. The molecule has 0 aliphatic rings. The van der Waals surface area contributed by atoms with Gasteiger partial charge in [-0.3, -0.25) is 0 Å². The third kappa shape index (κ3) is 1.12. The van der Waals surface area contributed by atoms with Crippen molar-refractivity contribution >= 4 is 11.6 Å². The maximum atomic E-state index is 10.8. The third-order valence-electron chi connectivity index (χ3n) is 1.92. The highest BCUT2D eigenvalue weighted by molar-refractivity contribution is 5.94. The fourth-order valence-electron chi connectivity index (χ4n) is 1.25. The summed E-state index contributed by atoms with van der Waals surface area (Å²) >= 11 is 0. The first-order valence-corrected chi connectivity index (χ1v) is 3.99. The number of nitrogens with zero attached hydrogens (tertiary/aromatic N) is 3. The Hall–Kier alpha value is -1.95. The predicted molar refractivity (Wildman–Crippen MR) is 47.8 cm³/mol. The van der Waals surface area contributed by atoms with E-state index in [0.29, 0.717) is 12.2 Å². The standard InChI is InChI=1S/C8H8N4O2/c9-3-5-1-2-10-7-6(8(13)14)4-11-12(5)7/h1-2,4H,3,9H2,(H,13,14). The average Bonchev–Trinajstić information content (AvgIpc) is 2.60.